The predicted molar refractivity (Wildman–Crippen MR) is 65.5 cm³/mol. The zero-order valence-electron chi connectivity index (χ0n) is 11.2. The van der Waals surface area contributed by atoms with Crippen molar-refractivity contribution in [3.63, 3.8) is 0 Å². The third-order valence-corrected chi connectivity index (χ3v) is 3.49. The summed E-state index contributed by atoms with van der Waals surface area (Å²) in [6.07, 6.45) is 1.63. The molecule has 1 saturated carbocycles. The molecule has 3 atom stereocenters. The molecule has 1 fully saturated rings. The molecule has 1 rings (SSSR count). The summed E-state index contributed by atoms with van der Waals surface area (Å²) >= 11 is 0. The third kappa shape index (κ3) is 6.59. The van der Waals surface area contributed by atoms with E-state index in [0.717, 1.165) is 18.8 Å². The first-order valence-corrected chi connectivity index (χ1v) is 6.83. The van der Waals surface area contributed by atoms with Gasteiger partial charge in [0.15, 0.2) is 0 Å². The molecule has 3 unspecified atom stereocenters. The molecule has 1 N–H and O–H groups in total. The minimum atomic E-state index is -4.14. The molecule has 0 amide bonds. The summed E-state index contributed by atoms with van der Waals surface area (Å²) in [5, 5.41) is 2.39. The second-order valence-electron chi connectivity index (χ2n) is 5.26. The summed E-state index contributed by atoms with van der Waals surface area (Å²) in [5.74, 6) is 0.721. The summed E-state index contributed by atoms with van der Waals surface area (Å²) in [4.78, 5) is 0. The second-order valence-corrected chi connectivity index (χ2v) is 5.26. The van der Waals surface area contributed by atoms with E-state index in [9.17, 15) is 13.2 Å². The van der Waals surface area contributed by atoms with Gasteiger partial charge in [-0.25, -0.2) is 0 Å². The van der Waals surface area contributed by atoms with Crippen molar-refractivity contribution in [3.8, 4) is 0 Å². The quantitative estimate of drug-likeness (QED) is 0.795. The summed E-state index contributed by atoms with van der Waals surface area (Å²) < 4.78 is 41.7. The Labute approximate surface area is 107 Å². The first kappa shape index (κ1) is 15.8. The van der Waals surface area contributed by atoms with E-state index in [2.05, 4.69) is 12.2 Å². The molecule has 0 heterocycles. The van der Waals surface area contributed by atoms with Crippen molar-refractivity contribution < 1.29 is 17.9 Å². The van der Waals surface area contributed by atoms with Crippen LogP contribution in [-0.4, -0.2) is 31.5 Å². The summed E-state index contributed by atoms with van der Waals surface area (Å²) in [5.41, 5.74) is 0. The predicted octanol–water partition coefficient (Wildman–Crippen LogP) is 3.51. The number of halogens is 3. The molecular formula is C13H24F3NO. The Morgan fingerprint density at radius 1 is 1.33 bits per heavy atom. The number of hydrogen-bond donors (Lipinski definition) is 1. The largest absolute Gasteiger partial charge is 0.401 e. The van der Waals surface area contributed by atoms with E-state index in [-0.39, 0.29) is 18.8 Å². The van der Waals surface area contributed by atoms with E-state index < -0.39 is 12.7 Å². The van der Waals surface area contributed by atoms with Gasteiger partial charge >= 0.3 is 6.18 Å². The van der Waals surface area contributed by atoms with Crippen molar-refractivity contribution in [3.05, 3.63) is 0 Å². The number of ether oxygens (including phenoxy) is 1. The van der Waals surface area contributed by atoms with Crippen molar-refractivity contribution in [2.24, 2.45) is 5.92 Å². The number of alkyl halides is 3. The van der Waals surface area contributed by atoms with E-state index in [1.165, 1.54) is 19.3 Å². The van der Waals surface area contributed by atoms with Gasteiger partial charge in [0.2, 0.25) is 0 Å². The first-order chi connectivity index (χ1) is 8.40. The highest BCUT2D eigenvalue weighted by Gasteiger charge is 2.27. The molecule has 0 spiro atoms. The zero-order chi connectivity index (χ0) is 13.6. The van der Waals surface area contributed by atoms with E-state index in [4.69, 9.17) is 4.74 Å². The lowest BCUT2D eigenvalue weighted by Crippen LogP contribution is -2.37. The molecular weight excluding hydrogens is 243 g/mol. The van der Waals surface area contributed by atoms with Crippen LogP contribution in [0, 0.1) is 5.92 Å². The molecule has 0 aliphatic heterocycles. The van der Waals surface area contributed by atoms with Crippen LogP contribution >= 0.6 is 0 Å². The Kier molecular flexibility index (Phi) is 6.43. The molecule has 0 saturated heterocycles. The normalized spacial score (nSPS) is 27.2. The minimum absolute atomic E-state index is 0.159. The Morgan fingerprint density at radius 2 is 2.06 bits per heavy atom. The Bertz CT molecular complexity index is 233. The van der Waals surface area contributed by atoms with Crippen LogP contribution in [0.5, 0.6) is 0 Å². The van der Waals surface area contributed by atoms with Crippen LogP contribution in [0.3, 0.4) is 0 Å². The Hall–Kier alpha value is -0.290. The molecule has 0 aromatic carbocycles. The molecule has 0 aromatic rings. The van der Waals surface area contributed by atoms with Gasteiger partial charge in [0.25, 0.3) is 0 Å². The van der Waals surface area contributed by atoms with E-state index in [1.807, 2.05) is 6.92 Å². The van der Waals surface area contributed by atoms with Gasteiger partial charge in [-0.1, -0.05) is 26.2 Å². The molecule has 0 radical (unpaired) electrons. The fraction of sp³-hybridized carbons (Fsp3) is 1.00. The SMILES string of the molecule is CCC1CCCC(OC(C)CNCC(F)(F)F)C1. The van der Waals surface area contributed by atoms with Crippen LogP contribution in [0.15, 0.2) is 0 Å². The Balaban J connectivity index is 2.17. The topological polar surface area (TPSA) is 21.3 Å². The maximum absolute atomic E-state index is 12.0. The van der Waals surface area contributed by atoms with Crippen LogP contribution in [0.25, 0.3) is 0 Å². The lowest BCUT2D eigenvalue weighted by Gasteiger charge is -2.30. The average Bonchev–Trinajstić information content (AvgIpc) is 2.27. The van der Waals surface area contributed by atoms with Crippen molar-refractivity contribution in [2.75, 3.05) is 13.1 Å². The summed E-state index contributed by atoms with van der Waals surface area (Å²) in [6, 6.07) is 0. The average molecular weight is 267 g/mol. The van der Waals surface area contributed by atoms with Crippen molar-refractivity contribution in [1.29, 1.82) is 0 Å². The van der Waals surface area contributed by atoms with Crippen LogP contribution in [-0.2, 0) is 4.74 Å². The van der Waals surface area contributed by atoms with Crippen LogP contribution in [0.2, 0.25) is 0 Å². The van der Waals surface area contributed by atoms with E-state index >= 15 is 0 Å². The molecule has 1 aliphatic carbocycles. The molecule has 18 heavy (non-hydrogen) atoms. The van der Waals surface area contributed by atoms with Gasteiger partial charge in [-0.2, -0.15) is 13.2 Å². The fourth-order valence-corrected chi connectivity index (χ4v) is 2.53. The van der Waals surface area contributed by atoms with Gasteiger partial charge in [0, 0.05) is 6.54 Å². The van der Waals surface area contributed by atoms with Gasteiger partial charge in [0.1, 0.15) is 0 Å². The van der Waals surface area contributed by atoms with Gasteiger partial charge < -0.3 is 10.1 Å². The van der Waals surface area contributed by atoms with Gasteiger partial charge in [-0.05, 0) is 25.7 Å². The summed E-state index contributed by atoms with van der Waals surface area (Å²) in [6.45, 7) is 3.33. The van der Waals surface area contributed by atoms with Gasteiger partial charge in [-0.3, -0.25) is 0 Å². The zero-order valence-corrected chi connectivity index (χ0v) is 11.2. The second kappa shape index (κ2) is 7.34. The standard InChI is InChI=1S/C13H24F3NO/c1-3-11-5-4-6-12(7-11)18-10(2)8-17-9-13(14,15)16/h10-12,17H,3-9H2,1-2H3. The Morgan fingerprint density at radius 3 is 2.67 bits per heavy atom. The highest BCUT2D eigenvalue weighted by molar-refractivity contribution is 4.74. The van der Waals surface area contributed by atoms with Crippen molar-refractivity contribution in [2.45, 2.75) is 64.3 Å². The lowest BCUT2D eigenvalue weighted by atomic mass is 9.85. The fourth-order valence-electron chi connectivity index (χ4n) is 2.53. The molecule has 108 valence electrons. The molecule has 1 aliphatic rings. The molecule has 0 bridgehead atoms. The van der Waals surface area contributed by atoms with Crippen molar-refractivity contribution >= 4 is 0 Å². The maximum Gasteiger partial charge on any atom is 0.401 e. The number of nitrogens with one attached hydrogen (secondary N) is 1. The smallest absolute Gasteiger partial charge is 0.374 e. The highest BCUT2D eigenvalue weighted by Crippen LogP contribution is 2.28. The molecule has 5 heteroatoms. The number of hydrogen-bond acceptors (Lipinski definition) is 2. The van der Waals surface area contributed by atoms with Crippen molar-refractivity contribution in [1.82, 2.24) is 5.32 Å². The monoisotopic (exact) mass is 267 g/mol. The van der Waals surface area contributed by atoms with E-state index in [0.29, 0.717) is 0 Å². The van der Waals surface area contributed by atoms with Crippen LogP contribution in [0.1, 0.15) is 46.0 Å². The molecule has 2 nitrogen and oxygen atoms in total. The maximum atomic E-state index is 12.0. The van der Waals surface area contributed by atoms with Crippen LogP contribution < -0.4 is 5.32 Å². The van der Waals surface area contributed by atoms with Gasteiger partial charge in [0.05, 0.1) is 18.8 Å². The van der Waals surface area contributed by atoms with E-state index in [1.54, 1.807) is 0 Å². The lowest BCUT2D eigenvalue weighted by molar-refractivity contribution is -0.126. The highest BCUT2D eigenvalue weighted by atomic mass is 19.4. The van der Waals surface area contributed by atoms with Gasteiger partial charge in [-0.15, -0.1) is 0 Å². The summed E-state index contributed by atoms with van der Waals surface area (Å²) in [7, 11) is 0. The van der Waals surface area contributed by atoms with Crippen LogP contribution in [0.4, 0.5) is 13.2 Å². The first-order valence-electron chi connectivity index (χ1n) is 6.83. The number of rotatable bonds is 6. The third-order valence-electron chi connectivity index (χ3n) is 3.49. The molecule has 0 aromatic heterocycles. The minimum Gasteiger partial charge on any atom is -0.374 e.